The van der Waals surface area contributed by atoms with Gasteiger partial charge >= 0.3 is 0 Å². The highest BCUT2D eigenvalue weighted by atomic mass is 35.5. The molecule has 1 saturated carbocycles. The van der Waals surface area contributed by atoms with Crippen LogP contribution in [-0.4, -0.2) is 20.1 Å². The Morgan fingerprint density at radius 1 is 1.33 bits per heavy atom. The highest BCUT2D eigenvalue weighted by Crippen LogP contribution is 2.29. The van der Waals surface area contributed by atoms with Crippen molar-refractivity contribution >= 4 is 21.6 Å². The van der Waals surface area contributed by atoms with E-state index in [1.165, 1.54) is 18.6 Å². The molecular weight excluding hydrogens is 310 g/mol. The molecular formula is C15H22ClNO3S. The molecule has 0 radical (unpaired) electrons. The van der Waals surface area contributed by atoms with Gasteiger partial charge in [-0.2, -0.15) is 0 Å². The van der Waals surface area contributed by atoms with Crippen molar-refractivity contribution in [3.8, 4) is 0 Å². The maximum atomic E-state index is 12.4. The average molecular weight is 332 g/mol. The summed E-state index contributed by atoms with van der Waals surface area (Å²) < 4.78 is 27.5. The van der Waals surface area contributed by atoms with Crippen LogP contribution in [0.4, 0.5) is 0 Å². The fraction of sp³-hybridized carbons (Fsp3) is 0.600. The zero-order valence-electron chi connectivity index (χ0n) is 12.2. The summed E-state index contributed by atoms with van der Waals surface area (Å²) in [5, 5.41) is 9.31. The lowest BCUT2D eigenvalue weighted by Crippen LogP contribution is -2.33. The third-order valence-corrected chi connectivity index (χ3v) is 6.20. The monoisotopic (exact) mass is 331 g/mol. The summed E-state index contributed by atoms with van der Waals surface area (Å²) in [4.78, 5) is 0.0409. The lowest BCUT2D eigenvalue weighted by atomic mass is 9.81. The van der Waals surface area contributed by atoms with Gasteiger partial charge in [0, 0.05) is 6.54 Å². The average Bonchev–Trinajstić information content (AvgIpc) is 2.47. The molecule has 0 aromatic heterocycles. The molecule has 2 atom stereocenters. The molecule has 0 saturated heterocycles. The van der Waals surface area contributed by atoms with Crippen molar-refractivity contribution in [2.45, 2.75) is 44.1 Å². The number of sulfonamides is 1. The Bertz CT molecular complexity index is 589. The van der Waals surface area contributed by atoms with Crippen LogP contribution in [0, 0.1) is 11.8 Å². The van der Waals surface area contributed by atoms with Crippen molar-refractivity contribution in [3.63, 3.8) is 0 Å². The lowest BCUT2D eigenvalue weighted by Gasteiger charge is -2.28. The second-order valence-corrected chi connectivity index (χ2v) is 7.94. The third-order valence-electron chi connectivity index (χ3n) is 4.29. The van der Waals surface area contributed by atoms with Gasteiger partial charge in [0.15, 0.2) is 0 Å². The number of rotatable bonds is 5. The van der Waals surface area contributed by atoms with Crippen molar-refractivity contribution in [2.75, 3.05) is 6.54 Å². The molecule has 1 fully saturated rings. The Morgan fingerprint density at radius 3 is 2.71 bits per heavy atom. The molecule has 0 bridgehead atoms. The zero-order chi connectivity index (χ0) is 15.5. The third kappa shape index (κ3) is 4.19. The SMILES string of the molecule is CC1CCCCC1CNS(=O)(=O)c1cc(CO)ccc1Cl. The first-order chi connectivity index (χ1) is 9.94. The van der Waals surface area contributed by atoms with Gasteiger partial charge in [-0.1, -0.05) is 43.9 Å². The normalized spacial score (nSPS) is 23.2. The first-order valence-corrected chi connectivity index (χ1v) is 9.19. The second-order valence-electron chi connectivity index (χ2n) is 5.80. The highest BCUT2D eigenvalue weighted by molar-refractivity contribution is 7.89. The van der Waals surface area contributed by atoms with E-state index in [0.717, 1.165) is 19.3 Å². The summed E-state index contributed by atoms with van der Waals surface area (Å²) >= 11 is 5.99. The predicted octanol–water partition coefficient (Wildman–Crippen LogP) is 2.94. The smallest absolute Gasteiger partial charge is 0.242 e. The summed E-state index contributed by atoms with van der Waals surface area (Å²) in [5.41, 5.74) is 0.533. The highest BCUT2D eigenvalue weighted by Gasteiger charge is 2.24. The molecule has 21 heavy (non-hydrogen) atoms. The number of nitrogens with one attached hydrogen (secondary N) is 1. The fourth-order valence-corrected chi connectivity index (χ4v) is 4.49. The number of benzene rings is 1. The van der Waals surface area contributed by atoms with E-state index < -0.39 is 10.0 Å². The molecule has 118 valence electrons. The largest absolute Gasteiger partial charge is 0.392 e. The molecule has 1 aliphatic rings. The number of hydrogen-bond acceptors (Lipinski definition) is 3. The van der Waals surface area contributed by atoms with Crippen LogP contribution in [0.1, 0.15) is 38.2 Å². The van der Waals surface area contributed by atoms with Crippen molar-refractivity contribution < 1.29 is 13.5 Å². The van der Waals surface area contributed by atoms with E-state index in [-0.39, 0.29) is 16.5 Å². The summed E-state index contributed by atoms with van der Waals surface area (Å²) in [6, 6.07) is 4.55. The molecule has 0 amide bonds. The van der Waals surface area contributed by atoms with Crippen LogP contribution >= 0.6 is 11.6 Å². The molecule has 4 nitrogen and oxygen atoms in total. The number of hydrogen-bond donors (Lipinski definition) is 2. The van der Waals surface area contributed by atoms with Gasteiger partial charge in [0.2, 0.25) is 10.0 Å². The van der Waals surface area contributed by atoms with Crippen molar-refractivity contribution in [1.29, 1.82) is 0 Å². The topological polar surface area (TPSA) is 66.4 Å². The minimum absolute atomic E-state index is 0.0409. The second kappa shape index (κ2) is 7.09. The van der Waals surface area contributed by atoms with Gasteiger partial charge in [0.25, 0.3) is 0 Å². The maximum absolute atomic E-state index is 12.4. The van der Waals surface area contributed by atoms with Crippen molar-refractivity contribution in [3.05, 3.63) is 28.8 Å². The van der Waals surface area contributed by atoms with Gasteiger partial charge in [-0.25, -0.2) is 13.1 Å². The van der Waals surface area contributed by atoms with E-state index in [9.17, 15) is 8.42 Å². The Morgan fingerprint density at radius 2 is 2.05 bits per heavy atom. The standard InChI is InChI=1S/C15H22ClNO3S/c1-11-4-2-3-5-13(11)9-17-21(19,20)15-8-12(10-18)6-7-14(15)16/h6-8,11,13,17-18H,2-5,9-10H2,1H3. The van der Waals surface area contributed by atoms with Crippen molar-refractivity contribution in [2.24, 2.45) is 11.8 Å². The quantitative estimate of drug-likeness (QED) is 0.871. The summed E-state index contributed by atoms with van der Waals surface area (Å²) in [6.07, 6.45) is 4.62. The van der Waals surface area contributed by atoms with Gasteiger partial charge < -0.3 is 5.11 Å². The Kier molecular flexibility index (Phi) is 5.66. The molecule has 1 aromatic carbocycles. The molecule has 0 aliphatic heterocycles. The Labute approximate surface area is 131 Å². The van der Waals surface area contributed by atoms with Crippen LogP contribution in [0.15, 0.2) is 23.1 Å². The lowest BCUT2D eigenvalue weighted by molar-refractivity contribution is 0.257. The summed E-state index contributed by atoms with van der Waals surface area (Å²) in [7, 11) is -3.64. The Balaban J connectivity index is 2.11. The molecule has 1 aromatic rings. The van der Waals surface area contributed by atoms with Gasteiger partial charge in [-0.3, -0.25) is 0 Å². The van der Waals surface area contributed by atoms with Crippen LogP contribution in [0.2, 0.25) is 5.02 Å². The minimum atomic E-state index is -3.64. The van der Waals surface area contributed by atoms with Crippen LogP contribution < -0.4 is 4.72 Å². The number of aliphatic hydroxyl groups excluding tert-OH is 1. The molecule has 2 N–H and O–H groups in total. The summed E-state index contributed by atoms with van der Waals surface area (Å²) in [5.74, 6) is 0.925. The van der Waals surface area contributed by atoms with E-state index in [1.807, 2.05) is 0 Å². The fourth-order valence-electron chi connectivity index (χ4n) is 2.84. The molecule has 6 heteroatoms. The van der Waals surface area contributed by atoms with Gasteiger partial charge in [-0.15, -0.1) is 0 Å². The number of halogens is 1. The first kappa shape index (κ1) is 16.7. The zero-order valence-corrected chi connectivity index (χ0v) is 13.8. The predicted molar refractivity (Wildman–Crippen MR) is 83.7 cm³/mol. The Hall–Kier alpha value is -0.620. The van der Waals surface area contributed by atoms with E-state index in [2.05, 4.69) is 11.6 Å². The molecule has 2 unspecified atom stereocenters. The number of aliphatic hydroxyl groups is 1. The van der Waals surface area contributed by atoms with Crippen LogP contribution in [0.5, 0.6) is 0 Å². The molecule has 0 spiro atoms. The van der Waals surface area contributed by atoms with Crippen LogP contribution in [0.25, 0.3) is 0 Å². The van der Waals surface area contributed by atoms with E-state index in [1.54, 1.807) is 6.07 Å². The molecule has 0 heterocycles. The first-order valence-electron chi connectivity index (χ1n) is 7.33. The van der Waals surface area contributed by atoms with Gasteiger partial charge in [0.05, 0.1) is 11.6 Å². The molecule has 1 aliphatic carbocycles. The minimum Gasteiger partial charge on any atom is -0.392 e. The molecule has 2 rings (SSSR count). The van der Waals surface area contributed by atoms with E-state index >= 15 is 0 Å². The van der Waals surface area contributed by atoms with E-state index in [0.29, 0.717) is 23.9 Å². The summed E-state index contributed by atoms with van der Waals surface area (Å²) in [6.45, 7) is 2.42. The maximum Gasteiger partial charge on any atom is 0.242 e. The van der Waals surface area contributed by atoms with E-state index in [4.69, 9.17) is 16.7 Å². The van der Waals surface area contributed by atoms with Crippen LogP contribution in [-0.2, 0) is 16.6 Å². The van der Waals surface area contributed by atoms with Gasteiger partial charge in [0.1, 0.15) is 4.90 Å². The van der Waals surface area contributed by atoms with Crippen LogP contribution in [0.3, 0.4) is 0 Å². The van der Waals surface area contributed by atoms with Gasteiger partial charge in [-0.05, 0) is 36.0 Å². The van der Waals surface area contributed by atoms with Crippen molar-refractivity contribution in [1.82, 2.24) is 4.72 Å².